The van der Waals surface area contributed by atoms with E-state index in [0.29, 0.717) is 13.0 Å². The van der Waals surface area contributed by atoms with E-state index < -0.39 is 5.54 Å². The minimum absolute atomic E-state index is 0.178. The molecule has 1 aromatic carbocycles. The summed E-state index contributed by atoms with van der Waals surface area (Å²) in [6.07, 6.45) is 0.681. The Morgan fingerprint density at radius 2 is 1.87 bits per heavy atom. The predicted octanol–water partition coefficient (Wildman–Crippen LogP) is 3.83. The normalized spacial score (nSPS) is 15.8. The number of carbonyl (C=O) groups is 2. The number of rotatable bonds is 6. The molecule has 0 bridgehead atoms. The Kier molecular flexibility index (Phi) is 5.27. The van der Waals surface area contributed by atoms with Crippen LogP contribution in [0, 0.1) is 13.8 Å². The summed E-state index contributed by atoms with van der Waals surface area (Å²) >= 11 is 1.59. The van der Waals surface area contributed by atoms with Crippen LogP contribution in [0.1, 0.15) is 31.5 Å². The average Bonchev–Trinajstić information content (AvgIpc) is 3.15. The SMILES string of the molecule is Cc1cc(C)c2c(-c3ccccc3)nc(SCCCN3C(=O)NC(C)(C)C3=O)n2n1. The molecule has 2 aromatic heterocycles. The minimum atomic E-state index is -0.826. The number of carbonyl (C=O) groups excluding carboxylic acids is 2. The van der Waals surface area contributed by atoms with Crippen LogP contribution >= 0.6 is 11.8 Å². The van der Waals surface area contributed by atoms with Crippen molar-refractivity contribution in [2.24, 2.45) is 0 Å². The van der Waals surface area contributed by atoms with Crippen molar-refractivity contribution in [3.63, 3.8) is 0 Å². The van der Waals surface area contributed by atoms with E-state index in [2.05, 4.69) is 35.5 Å². The lowest BCUT2D eigenvalue weighted by Gasteiger charge is -2.15. The smallest absolute Gasteiger partial charge is 0.324 e. The zero-order valence-corrected chi connectivity index (χ0v) is 18.4. The molecular formula is C22H25N5O2S. The van der Waals surface area contributed by atoms with Gasteiger partial charge in [0.25, 0.3) is 5.91 Å². The molecule has 7 nitrogen and oxygen atoms in total. The maximum atomic E-state index is 12.3. The molecule has 3 aromatic rings. The van der Waals surface area contributed by atoms with Gasteiger partial charge in [0.15, 0.2) is 5.16 Å². The number of urea groups is 1. The van der Waals surface area contributed by atoms with Crippen molar-refractivity contribution in [2.45, 2.75) is 44.8 Å². The van der Waals surface area contributed by atoms with Crippen molar-refractivity contribution in [3.05, 3.63) is 47.7 Å². The molecule has 0 saturated carbocycles. The summed E-state index contributed by atoms with van der Waals surface area (Å²) in [6, 6.07) is 11.8. The molecule has 8 heteroatoms. The molecule has 0 aliphatic carbocycles. The number of thioether (sulfide) groups is 1. The quantitative estimate of drug-likeness (QED) is 0.370. The number of aromatic nitrogens is 3. The van der Waals surface area contributed by atoms with Crippen LogP contribution in [0.2, 0.25) is 0 Å². The molecule has 1 N–H and O–H groups in total. The van der Waals surface area contributed by atoms with Gasteiger partial charge >= 0.3 is 6.03 Å². The predicted molar refractivity (Wildman–Crippen MR) is 118 cm³/mol. The van der Waals surface area contributed by atoms with E-state index in [4.69, 9.17) is 4.98 Å². The Morgan fingerprint density at radius 1 is 1.13 bits per heavy atom. The van der Waals surface area contributed by atoms with Crippen molar-refractivity contribution in [1.29, 1.82) is 0 Å². The number of hydrogen-bond donors (Lipinski definition) is 1. The topological polar surface area (TPSA) is 79.6 Å². The summed E-state index contributed by atoms with van der Waals surface area (Å²) in [6.45, 7) is 7.88. The van der Waals surface area contributed by atoms with E-state index in [1.54, 1.807) is 25.6 Å². The van der Waals surface area contributed by atoms with E-state index >= 15 is 0 Å². The first kappa shape index (κ1) is 20.4. The lowest BCUT2D eigenvalue weighted by atomic mass is 10.1. The first-order chi connectivity index (χ1) is 14.3. The summed E-state index contributed by atoms with van der Waals surface area (Å²) in [5.41, 5.74) is 4.21. The van der Waals surface area contributed by atoms with Gasteiger partial charge in [-0.05, 0) is 45.7 Å². The number of imide groups is 1. The van der Waals surface area contributed by atoms with Crippen LogP contribution in [-0.2, 0) is 4.79 Å². The Bertz CT molecular complexity index is 1120. The maximum Gasteiger partial charge on any atom is 0.325 e. The lowest BCUT2D eigenvalue weighted by molar-refractivity contribution is -0.130. The first-order valence-corrected chi connectivity index (χ1v) is 11.0. The Morgan fingerprint density at radius 3 is 2.53 bits per heavy atom. The second-order valence-electron chi connectivity index (χ2n) is 8.05. The zero-order chi connectivity index (χ0) is 21.5. The molecule has 0 spiro atoms. The van der Waals surface area contributed by atoms with Crippen LogP contribution in [0.5, 0.6) is 0 Å². The van der Waals surface area contributed by atoms with Crippen molar-refractivity contribution >= 4 is 29.2 Å². The molecule has 1 aliphatic rings. The number of fused-ring (bicyclic) bond motifs is 1. The summed E-state index contributed by atoms with van der Waals surface area (Å²) in [7, 11) is 0. The maximum absolute atomic E-state index is 12.3. The molecule has 3 amide bonds. The van der Waals surface area contributed by atoms with Gasteiger partial charge < -0.3 is 5.32 Å². The van der Waals surface area contributed by atoms with Crippen molar-refractivity contribution < 1.29 is 9.59 Å². The fraction of sp³-hybridized carbons (Fsp3) is 0.364. The highest BCUT2D eigenvalue weighted by molar-refractivity contribution is 7.99. The second kappa shape index (κ2) is 7.75. The fourth-order valence-corrected chi connectivity index (χ4v) is 4.57. The molecule has 0 unspecified atom stereocenters. The minimum Gasteiger partial charge on any atom is -0.324 e. The monoisotopic (exact) mass is 423 g/mol. The molecule has 156 valence electrons. The van der Waals surface area contributed by atoms with E-state index in [-0.39, 0.29) is 11.9 Å². The van der Waals surface area contributed by atoms with Crippen LogP contribution in [0.4, 0.5) is 4.79 Å². The Hall–Kier alpha value is -2.87. The van der Waals surface area contributed by atoms with Gasteiger partial charge in [-0.15, -0.1) is 0 Å². The molecule has 1 aliphatic heterocycles. The number of nitrogens with zero attached hydrogens (tertiary/aromatic N) is 4. The van der Waals surface area contributed by atoms with Crippen LogP contribution < -0.4 is 5.32 Å². The summed E-state index contributed by atoms with van der Waals surface area (Å²) in [5, 5.41) is 8.21. The number of amides is 3. The van der Waals surface area contributed by atoms with Crippen LogP contribution in [-0.4, -0.2) is 49.3 Å². The lowest BCUT2D eigenvalue weighted by Crippen LogP contribution is -2.40. The molecule has 0 atom stereocenters. The van der Waals surface area contributed by atoms with E-state index in [0.717, 1.165) is 38.9 Å². The van der Waals surface area contributed by atoms with Gasteiger partial charge in [-0.2, -0.15) is 5.10 Å². The third-order valence-electron chi connectivity index (χ3n) is 5.13. The highest BCUT2D eigenvalue weighted by atomic mass is 32.2. The largest absolute Gasteiger partial charge is 0.325 e. The number of hydrogen-bond acceptors (Lipinski definition) is 5. The van der Waals surface area contributed by atoms with E-state index in [1.165, 1.54) is 4.90 Å². The van der Waals surface area contributed by atoms with Crippen molar-refractivity contribution in [1.82, 2.24) is 24.8 Å². The second-order valence-corrected chi connectivity index (χ2v) is 9.11. The van der Waals surface area contributed by atoms with Gasteiger partial charge in [0.05, 0.1) is 16.9 Å². The van der Waals surface area contributed by atoms with Gasteiger partial charge in [-0.1, -0.05) is 42.1 Å². The van der Waals surface area contributed by atoms with Crippen LogP contribution in [0.15, 0.2) is 41.6 Å². The Labute approximate surface area is 179 Å². The van der Waals surface area contributed by atoms with Crippen molar-refractivity contribution in [2.75, 3.05) is 12.3 Å². The molecule has 0 radical (unpaired) electrons. The van der Waals surface area contributed by atoms with Gasteiger partial charge in [0.1, 0.15) is 5.54 Å². The number of aryl methyl sites for hydroxylation is 2. The standard InChI is InChI=1S/C22H25N5O2S/c1-14-13-15(2)25-27-18(14)17(16-9-6-5-7-10-16)23-21(27)30-12-8-11-26-19(28)22(3,4)24-20(26)29/h5-7,9-10,13H,8,11-12H2,1-4H3,(H,24,29). The number of imidazole rings is 1. The highest BCUT2D eigenvalue weighted by Crippen LogP contribution is 2.31. The summed E-state index contributed by atoms with van der Waals surface area (Å²) in [5.74, 6) is 0.544. The van der Waals surface area contributed by atoms with Crippen LogP contribution in [0.25, 0.3) is 16.8 Å². The molecule has 4 rings (SSSR count). The molecular weight excluding hydrogens is 398 g/mol. The van der Waals surface area contributed by atoms with E-state index in [9.17, 15) is 9.59 Å². The van der Waals surface area contributed by atoms with Gasteiger partial charge in [0.2, 0.25) is 0 Å². The van der Waals surface area contributed by atoms with Gasteiger partial charge in [-0.3, -0.25) is 9.69 Å². The summed E-state index contributed by atoms with van der Waals surface area (Å²) in [4.78, 5) is 30.5. The van der Waals surface area contributed by atoms with Gasteiger partial charge in [-0.25, -0.2) is 14.3 Å². The van der Waals surface area contributed by atoms with Gasteiger partial charge in [0, 0.05) is 17.9 Å². The Balaban J connectivity index is 1.54. The average molecular weight is 424 g/mol. The molecule has 30 heavy (non-hydrogen) atoms. The zero-order valence-electron chi connectivity index (χ0n) is 17.6. The fourth-order valence-electron chi connectivity index (χ4n) is 3.70. The summed E-state index contributed by atoms with van der Waals surface area (Å²) < 4.78 is 1.91. The first-order valence-electron chi connectivity index (χ1n) is 9.97. The highest BCUT2D eigenvalue weighted by Gasteiger charge is 2.43. The molecule has 1 fully saturated rings. The van der Waals surface area contributed by atoms with E-state index in [1.807, 2.05) is 29.6 Å². The number of nitrogens with one attached hydrogen (secondary N) is 1. The third-order valence-corrected chi connectivity index (χ3v) is 6.15. The molecule has 3 heterocycles. The number of benzene rings is 1. The van der Waals surface area contributed by atoms with Crippen LogP contribution in [0.3, 0.4) is 0 Å². The van der Waals surface area contributed by atoms with Crippen molar-refractivity contribution in [3.8, 4) is 11.3 Å². The third kappa shape index (κ3) is 3.67. The molecule has 1 saturated heterocycles.